The molecule has 8 heteroatoms. The molecule has 7 nitrogen and oxygen atoms in total. The second-order valence-electron chi connectivity index (χ2n) is 9.63. The van der Waals surface area contributed by atoms with Crippen LogP contribution in [0.2, 0.25) is 0 Å². The van der Waals surface area contributed by atoms with Crippen LogP contribution in [0.25, 0.3) is 0 Å². The zero-order valence-corrected chi connectivity index (χ0v) is 17.6. The van der Waals surface area contributed by atoms with Crippen molar-refractivity contribution in [3.63, 3.8) is 0 Å². The molecule has 27 heavy (non-hydrogen) atoms. The van der Waals surface area contributed by atoms with Gasteiger partial charge in [-0.25, -0.2) is 4.79 Å². The van der Waals surface area contributed by atoms with Crippen molar-refractivity contribution in [1.82, 2.24) is 14.8 Å². The number of hydrogen-bond acceptors (Lipinski definition) is 6. The lowest BCUT2D eigenvalue weighted by atomic mass is 9.82. The molecule has 2 aliphatic rings. The van der Waals surface area contributed by atoms with Crippen LogP contribution in [-0.4, -0.2) is 52.2 Å². The molecule has 2 saturated heterocycles. The fraction of sp³-hybridized carbons (Fsp3) is 0.789. The molecule has 150 valence electrons. The predicted octanol–water partition coefficient (Wildman–Crippen LogP) is 2.32. The van der Waals surface area contributed by atoms with Crippen molar-refractivity contribution in [2.24, 2.45) is 5.41 Å². The number of carbonyl (C=O) groups is 1. The molecule has 3 heterocycles. The summed E-state index contributed by atoms with van der Waals surface area (Å²) in [6.07, 6.45) is 5.60. The van der Waals surface area contributed by atoms with Gasteiger partial charge in [-0.15, -0.1) is 5.06 Å². The van der Waals surface area contributed by atoms with Gasteiger partial charge in [0, 0.05) is 30.9 Å². The molecule has 2 aliphatic heterocycles. The molecule has 0 aromatic carbocycles. The van der Waals surface area contributed by atoms with Gasteiger partial charge in [0.2, 0.25) is 0 Å². The van der Waals surface area contributed by atoms with Gasteiger partial charge in [-0.2, -0.15) is 5.10 Å². The average Bonchev–Trinajstić information content (AvgIpc) is 3.10. The standard InChI is InChI=1S/C19H32BN3O4/c1-17(2,3)16(24)25-22-10-8-15(9-11-22)23-13-14(12-21-23)20-26-18(4,5)19(6,7)27-20/h12-13,15H,8-11H2,1-7H3. The third-order valence-corrected chi connectivity index (χ3v) is 5.77. The molecule has 3 rings (SSSR count). The Morgan fingerprint density at radius 2 is 1.74 bits per heavy atom. The molecule has 0 atom stereocenters. The molecule has 0 saturated carbocycles. The largest absolute Gasteiger partial charge is 0.498 e. The van der Waals surface area contributed by atoms with E-state index in [-0.39, 0.29) is 23.2 Å². The Bertz CT molecular complexity index is 671. The monoisotopic (exact) mass is 377 g/mol. The Balaban J connectivity index is 1.57. The summed E-state index contributed by atoms with van der Waals surface area (Å²) < 4.78 is 14.2. The summed E-state index contributed by atoms with van der Waals surface area (Å²) in [6.45, 7) is 15.2. The highest BCUT2D eigenvalue weighted by Crippen LogP contribution is 2.36. The van der Waals surface area contributed by atoms with E-state index in [9.17, 15) is 4.79 Å². The topological polar surface area (TPSA) is 65.8 Å². The quantitative estimate of drug-likeness (QED) is 0.754. The Morgan fingerprint density at radius 3 is 2.26 bits per heavy atom. The van der Waals surface area contributed by atoms with Gasteiger partial charge in [0.25, 0.3) is 0 Å². The summed E-state index contributed by atoms with van der Waals surface area (Å²) >= 11 is 0. The van der Waals surface area contributed by atoms with Gasteiger partial charge in [-0.3, -0.25) is 4.68 Å². The molecule has 0 N–H and O–H groups in total. The van der Waals surface area contributed by atoms with Crippen LogP contribution >= 0.6 is 0 Å². The Labute approximate surface area is 162 Å². The summed E-state index contributed by atoms with van der Waals surface area (Å²) in [5, 5.41) is 6.30. The minimum absolute atomic E-state index is 0.192. The lowest BCUT2D eigenvalue weighted by Crippen LogP contribution is -2.41. The van der Waals surface area contributed by atoms with Gasteiger partial charge in [-0.05, 0) is 61.3 Å². The maximum Gasteiger partial charge on any atom is 0.498 e. The number of rotatable bonds is 3. The average molecular weight is 377 g/mol. The highest BCUT2D eigenvalue weighted by atomic mass is 16.7. The molecule has 0 bridgehead atoms. The third kappa shape index (κ3) is 4.22. The maximum atomic E-state index is 12.0. The van der Waals surface area contributed by atoms with Gasteiger partial charge < -0.3 is 14.1 Å². The number of aromatic nitrogens is 2. The van der Waals surface area contributed by atoms with Gasteiger partial charge >= 0.3 is 13.1 Å². The van der Waals surface area contributed by atoms with E-state index in [4.69, 9.17) is 14.1 Å². The van der Waals surface area contributed by atoms with Crippen molar-refractivity contribution in [2.45, 2.75) is 78.6 Å². The second kappa shape index (κ2) is 6.90. The molecule has 0 amide bonds. The van der Waals surface area contributed by atoms with Crippen molar-refractivity contribution in [2.75, 3.05) is 13.1 Å². The van der Waals surface area contributed by atoms with E-state index in [0.29, 0.717) is 13.1 Å². The van der Waals surface area contributed by atoms with Crippen molar-refractivity contribution >= 4 is 18.6 Å². The summed E-state index contributed by atoms with van der Waals surface area (Å²) in [5.41, 5.74) is -0.268. The number of hydrogen-bond donors (Lipinski definition) is 0. The van der Waals surface area contributed by atoms with Crippen LogP contribution in [0, 0.1) is 5.41 Å². The molecule has 2 fully saturated rings. The van der Waals surface area contributed by atoms with E-state index >= 15 is 0 Å². The first kappa shape index (κ1) is 20.4. The minimum atomic E-state index is -0.490. The maximum absolute atomic E-state index is 12.0. The highest BCUT2D eigenvalue weighted by Gasteiger charge is 2.52. The van der Waals surface area contributed by atoms with E-state index in [1.165, 1.54) is 0 Å². The second-order valence-corrected chi connectivity index (χ2v) is 9.63. The molecule has 0 spiro atoms. The zero-order chi connectivity index (χ0) is 20.0. The van der Waals surface area contributed by atoms with E-state index < -0.39 is 12.5 Å². The number of carbonyl (C=O) groups excluding carboxylic acids is 1. The van der Waals surface area contributed by atoms with Gasteiger partial charge in [0.15, 0.2) is 0 Å². The fourth-order valence-electron chi connectivity index (χ4n) is 3.11. The first-order chi connectivity index (χ1) is 12.4. The SMILES string of the molecule is CC(C)(C)C(=O)ON1CCC(n2cc(B3OC(C)(C)C(C)(C)O3)cn2)CC1. The van der Waals surface area contributed by atoms with E-state index in [2.05, 4.69) is 5.10 Å². The van der Waals surface area contributed by atoms with Gasteiger partial charge in [0.1, 0.15) is 0 Å². The lowest BCUT2D eigenvalue weighted by Gasteiger charge is -2.32. The van der Waals surface area contributed by atoms with Crippen LogP contribution in [0.4, 0.5) is 0 Å². The molecule has 0 radical (unpaired) electrons. The molecular formula is C19H32BN3O4. The smallest absolute Gasteiger partial charge is 0.399 e. The van der Waals surface area contributed by atoms with E-state index in [1.807, 2.05) is 65.5 Å². The normalized spacial score (nSPS) is 23.6. The van der Waals surface area contributed by atoms with Crippen LogP contribution in [0.1, 0.15) is 67.3 Å². The van der Waals surface area contributed by atoms with Crippen LogP contribution in [0.15, 0.2) is 12.4 Å². The Morgan fingerprint density at radius 1 is 1.19 bits per heavy atom. The van der Waals surface area contributed by atoms with Gasteiger partial charge in [0.05, 0.1) is 22.7 Å². The van der Waals surface area contributed by atoms with Crippen molar-refractivity contribution in [3.05, 3.63) is 12.4 Å². The van der Waals surface area contributed by atoms with E-state index in [0.717, 1.165) is 18.3 Å². The van der Waals surface area contributed by atoms with Crippen molar-refractivity contribution < 1.29 is 18.9 Å². The Hall–Kier alpha value is -1.38. The summed E-state index contributed by atoms with van der Waals surface area (Å²) in [6, 6.07) is 0.283. The van der Waals surface area contributed by atoms with Crippen molar-refractivity contribution in [1.29, 1.82) is 0 Å². The Kier molecular flexibility index (Phi) is 5.20. The highest BCUT2D eigenvalue weighted by molar-refractivity contribution is 6.62. The van der Waals surface area contributed by atoms with Crippen molar-refractivity contribution in [3.8, 4) is 0 Å². The molecule has 0 aliphatic carbocycles. The number of nitrogens with zero attached hydrogens (tertiary/aromatic N) is 3. The van der Waals surface area contributed by atoms with Crippen LogP contribution < -0.4 is 5.46 Å². The number of hydroxylamine groups is 2. The van der Waals surface area contributed by atoms with E-state index in [1.54, 1.807) is 5.06 Å². The van der Waals surface area contributed by atoms with Gasteiger partial charge in [-0.1, -0.05) is 0 Å². The fourth-order valence-corrected chi connectivity index (χ4v) is 3.11. The summed E-state index contributed by atoms with van der Waals surface area (Å²) in [5.74, 6) is -0.192. The van der Waals surface area contributed by atoms with Crippen LogP contribution in [0.5, 0.6) is 0 Å². The number of piperidine rings is 1. The zero-order valence-electron chi connectivity index (χ0n) is 17.6. The third-order valence-electron chi connectivity index (χ3n) is 5.77. The molecule has 1 aromatic rings. The van der Waals surface area contributed by atoms with Crippen LogP contribution in [0.3, 0.4) is 0 Å². The minimum Gasteiger partial charge on any atom is -0.399 e. The first-order valence-corrected chi connectivity index (χ1v) is 9.76. The summed E-state index contributed by atoms with van der Waals surface area (Å²) in [4.78, 5) is 17.5. The molecule has 1 aromatic heterocycles. The lowest BCUT2D eigenvalue weighted by molar-refractivity contribution is -0.205. The van der Waals surface area contributed by atoms with Crippen LogP contribution in [-0.2, 0) is 18.9 Å². The summed E-state index contributed by atoms with van der Waals surface area (Å²) in [7, 11) is -0.392. The molecular weight excluding hydrogens is 345 g/mol. The molecule has 0 unspecified atom stereocenters. The first-order valence-electron chi connectivity index (χ1n) is 9.76. The predicted molar refractivity (Wildman–Crippen MR) is 103 cm³/mol.